The highest BCUT2D eigenvalue weighted by molar-refractivity contribution is 8.04. The van der Waals surface area contributed by atoms with E-state index in [1.165, 1.54) is 11.8 Å². The zero-order valence-electron chi connectivity index (χ0n) is 20.2. The van der Waals surface area contributed by atoms with E-state index in [4.69, 9.17) is 11.6 Å². The van der Waals surface area contributed by atoms with Gasteiger partial charge < -0.3 is 10.2 Å². The molecule has 4 aromatic rings. The standard InChI is InChI=1S/C31H25ClN2O2S/c1-21(24-9-3-2-4-10-24)33-30(35)25-16-14-22(15-17-25)19-29-31(36)34(20-23-8-7-11-26(32)18-23)27-12-5-6-13-28(27)37-29/h2-19,21H,20H2,1H3,(H,33,35). The van der Waals surface area contributed by atoms with Crippen molar-refractivity contribution in [3.05, 3.63) is 135 Å². The number of hydrogen-bond donors (Lipinski definition) is 1. The number of carbonyl (C=O) groups excluding carboxylic acids is 2. The summed E-state index contributed by atoms with van der Waals surface area (Å²) in [5.41, 5.74) is 4.31. The van der Waals surface area contributed by atoms with Gasteiger partial charge in [-0.15, -0.1) is 0 Å². The third kappa shape index (κ3) is 5.79. The molecule has 0 aliphatic carbocycles. The molecule has 1 unspecified atom stereocenters. The molecule has 1 aliphatic heterocycles. The highest BCUT2D eigenvalue weighted by Crippen LogP contribution is 2.42. The summed E-state index contributed by atoms with van der Waals surface area (Å²) in [5.74, 6) is -0.206. The molecule has 1 atom stereocenters. The Morgan fingerprint density at radius 2 is 1.68 bits per heavy atom. The molecule has 0 fully saturated rings. The third-order valence-corrected chi connectivity index (χ3v) is 7.49. The Kier molecular flexibility index (Phi) is 7.45. The SMILES string of the molecule is CC(NC(=O)c1ccc(C=C2Sc3ccccc3N(Cc3cccc(Cl)c3)C2=O)cc1)c1ccccc1. The van der Waals surface area contributed by atoms with Gasteiger partial charge in [-0.3, -0.25) is 9.59 Å². The molecule has 4 nitrogen and oxygen atoms in total. The second kappa shape index (κ2) is 11.1. The Balaban J connectivity index is 1.35. The molecule has 0 spiro atoms. The number of hydrogen-bond acceptors (Lipinski definition) is 3. The first kappa shape index (κ1) is 24.9. The van der Waals surface area contributed by atoms with E-state index in [9.17, 15) is 9.59 Å². The van der Waals surface area contributed by atoms with Crippen molar-refractivity contribution < 1.29 is 9.59 Å². The van der Waals surface area contributed by atoms with Crippen LogP contribution in [-0.4, -0.2) is 11.8 Å². The van der Waals surface area contributed by atoms with Crippen molar-refractivity contribution in [2.75, 3.05) is 4.90 Å². The molecule has 0 saturated heterocycles. The summed E-state index contributed by atoms with van der Waals surface area (Å²) in [6.45, 7) is 2.39. The summed E-state index contributed by atoms with van der Waals surface area (Å²) >= 11 is 7.64. The summed E-state index contributed by atoms with van der Waals surface area (Å²) in [6.07, 6.45) is 1.88. The number of nitrogens with zero attached hydrogens (tertiary/aromatic N) is 1. The predicted octanol–water partition coefficient (Wildman–Crippen LogP) is 7.51. The van der Waals surface area contributed by atoms with Crippen LogP contribution in [0.1, 0.15) is 40.0 Å². The third-order valence-electron chi connectivity index (χ3n) is 6.18. The first-order chi connectivity index (χ1) is 18.0. The fraction of sp³-hybridized carbons (Fsp3) is 0.0968. The average molecular weight is 525 g/mol. The van der Waals surface area contributed by atoms with Crippen LogP contribution < -0.4 is 10.2 Å². The number of carbonyl (C=O) groups is 2. The van der Waals surface area contributed by atoms with E-state index in [1.807, 2.05) is 104 Å². The van der Waals surface area contributed by atoms with Crippen LogP contribution in [0.2, 0.25) is 5.02 Å². The predicted molar refractivity (Wildman–Crippen MR) is 152 cm³/mol. The summed E-state index contributed by atoms with van der Waals surface area (Å²) < 4.78 is 0. The van der Waals surface area contributed by atoms with E-state index in [1.54, 1.807) is 17.0 Å². The highest BCUT2D eigenvalue weighted by Gasteiger charge is 2.29. The van der Waals surface area contributed by atoms with Gasteiger partial charge in [0.15, 0.2) is 0 Å². The first-order valence-electron chi connectivity index (χ1n) is 12.0. The van der Waals surface area contributed by atoms with Gasteiger partial charge in [0.25, 0.3) is 11.8 Å². The lowest BCUT2D eigenvalue weighted by atomic mass is 10.1. The largest absolute Gasteiger partial charge is 0.346 e. The van der Waals surface area contributed by atoms with Crippen molar-refractivity contribution >= 4 is 46.9 Å². The molecule has 2 amide bonds. The molecular formula is C31H25ClN2O2S. The Labute approximate surface area is 226 Å². The second-order valence-electron chi connectivity index (χ2n) is 8.83. The summed E-state index contributed by atoms with van der Waals surface area (Å²) in [4.78, 5) is 29.7. The Morgan fingerprint density at radius 1 is 0.946 bits per heavy atom. The number of fused-ring (bicyclic) bond motifs is 1. The van der Waals surface area contributed by atoms with Gasteiger partial charge in [0.1, 0.15) is 0 Å². The molecule has 1 N–H and O–H groups in total. The van der Waals surface area contributed by atoms with Crippen molar-refractivity contribution in [3.8, 4) is 0 Å². The number of anilines is 1. The first-order valence-corrected chi connectivity index (χ1v) is 13.2. The lowest BCUT2D eigenvalue weighted by Gasteiger charge is -2.30. The lowest BCUT2D eigenvalue weighted by Crippen LogP contribution is -2.33. The Morgan fingerprint density at radius 3 is 2.43 bits per heavy atom. The normalized spacial score (nSPS) is 14.8. The summed E-state index contributed by atoms with van der Waals surface area (Å²) in [5, 5.41) is 3.68. The monoisotopic (exact) mass is 524 g/mol. The van der Waals surface area contributed by atoms with E-state index < -0.39 is 0 Å². The van der Waals surface area contributed by atoms with Crippen molar-refractivity contribution in [2.24, 2.45) is 0 Å². The number of para-hydroxylation sites is 1. The van der Waals surface area contributed by atoms with E-state index >= 15 is 0 Å². The van der Waals surface area contributed by atoms with Crippen molar-refractivity contribution in [1.29, 1.82) is 0 Å². The van der Waals surface area contributed by atoms with Gasteiger partial charge in [-0.2, -0.15) is 0 Å². The molecule has 1 aliphatic rings. The molecular weight excluding hydrogens is 500 g/mol. The van der Waals surface area contributed by atoms with Gasteiger partial charge in [-0.25, -0.2) is 0 Å². The number of nitrogens with one attached hydrogen (secondary N) is 1. The van der Waals surface area contributed by atoms with E-state index in [0.717, 1.165) is 27.3 Å². The number of rotatable bonds is 6. The highest BCUT2D eigenvalue weighted by atomic mass is 35.5. The topological polar surface area (TPSA) is 49.4 Å². The van der Waals surface area contributed by atoms with E-state index in [2.05, 4.69) is 5.32 Å². The summed E-state index contributed by atoms with van der Waals surface area (Å²) in [7, 11) is 0. The molecule has 1 heterocycles. The molecule has 184 valence electrons. The van der Waals surface area contributed by atoms with Gasteiger partial charge in [0, 0.05) is 15.5 Å². The van der Waals surface area contributed by atoms with Crippen LogP contribution in [0.15, 0.2) is 113 Å². The average Bonchev–Trinajstić information content (AvgIpc) is 2.92. The van der Waals surface area contributed by atoms with Crippen LogP contribution in [0.3, 0.4) is 0 Å². The van der Waals surface area contributed by atoms with Gasteiger partial charge in [0.2, 0.25) is 0 Å². The van der Waals surface area contributed by atoms with E-state index in [0.29, 0.717) is 22.0 Å². The second-order valence-corrected chi connectivity index (χ2v) is 10.3. The lowest BCUT2D eigenvalue weighted by molar-refractivity contribution is -0.114. The molecule has 5 rings (SSSR count). The number of thioether (sulfide) groups is 1. The smallest absolute Gasteiger partial charge is 0.265 e. The van der Waals surface area contributed by atoms with Crippen LogP contribution in [-0.2, 0) is 11.3 Å². The Hall–Kier alpha value is -3.80. The molecule has 0 radical (unpaired) electrons. The van der Waals surface area contributed by atoms with Crippen molar-refractivity contribution in [3.63, 3.8) is 0 Å². The minimum atomic E-state index is -0.139. The van der Waals surface area contributed by atoms with Crippen LogP contribution in [0.4, 0.5) is 5.69 Å². The number of amides is 2. The minimum Gasteiger partial charge on any atom is -0.346 e. The maximum Gasteiger partial charge on any atom is 0.265 e. The summed E-state index contributed by atoms with van der Waals surface area (Å²) in [6, 6.07) is 32.5. The van der Waals surface area contributed by atoms with Crippen LogP contribution >= 0.6 is 23.4 Å². The Bertz CT molecular complexity index is 1470. The number of benzene rings is 4. The number of halogens is 1. The quantitative estimate of drug-likeness (QED) is 0.265. The van der Waals surface area contributed by atoms with Gasteiger partial charge >= 0.3 is 0 Å². The molecule has 0 aromatic heterocycles. The minimum absolute atomic E-state index is 0.0674. The van der Waals surface area contributed by atoms with E-state index in [-0.39, 0.29) is 17.9 Å². The molecule has 0 saturated carbocycles. The maximum atomic E-state index is 13.6. The molecule has 4 aromatic carbocycles. The fourth-order valence-corrected chi connectivity index (χ4v) is 5.50. The van der Waals surface area contributed by atoms with Crippen LogP contribution in [0, 0.1) is 0 Å². The van der Waals surface area contributed by atoms with Crippen molar-refractivity contribution in [1.82, 2.24) is 5.32 Å². The van der Waals surface area contributed by atoms with Crippen molar-refractivity contribution in [2.45, 2.75) is 24.4 Å². The molecule has 6 heteroatoms. The fourth-order valence-electron chi connectivity index (χ4n) is 4.22. The van der Waals surface area contributed by atoms with Gasteiger partial charge in [-0.1, -0.05) is 90.1 Å². The zero-order valence-corrected chi connectivity index (χ0v) is 21.8. The van der Waals surface area contributed by atoms with Crippen LogP contribution in [0.25, 0.3) is 6.08 Å². The van der Waals surface area contributed by atoms with Crippen LogP contribution in [0.5, 0.6) is 0 Å². The molecule has 0 bridgehead atoms. The van der Waals surface area contributed by atoms with Gasteiger partial charge in [-0.05, 0) is 66.1 Å². The maximum absolute atomic E-state index is 13.6. The molecule has 37 heavy (non-hydrogen) atoms. The van der Waals surface area contributed by atoms with Gasteiger partial charge in [0.05, 0.1) is 23.2 Å². The zero-order chi connectivity index (χ0) is 25.8.